The van der Waals surface area contributed by atoms with Gasteiger partial charge in [-0.1, -0.05) is 30.3 Å². The molecule has 1 aliphatic carbocycles. The van der Waals surface area contributed by atoms with Crippen LogP contribution in [-0.4, -0.2) is 43.5 Å². The van der Waals surface area contributed by atoms with E-state index in [9.17, 15) is 9.18 Å². The van der Waals surface area contributed by atoms with Crippen LogP contribution in [0.2, 0.25) is 0 Å². The molecular weight excluding hydrogens is 465 g/mol. The summed E-state index contributed by atoms with van der Waals surface area (Å²) in [4.78, 5) is 15.4. The summed E-state index contributed by atoms with van der Waals surface area (Å²) in [5.41, 5.74) is 6.04. The number of rotatable bonds is 4. The molecule has 3 aromatic carbocycles. The van der Waals surface area contributed by atoms with Crippen LogP contribution in [0.1, 0.15) is 33.1 Å². The first-order valence-electron chi connectivity index (χ1n) is 12.5. The summed E-state index contributed by atoms with van der Waals surface area (Å²) in [7, 11) is 1.81. The van der Waals surface area contributed by atoms with Gasteiger partial charge in [0.1, 0.15) is 11.5 Å². The molecule has 6 nitrogen and oxygen atoms in total. The first-order valence-corrected chi connectivity index (χ1v) is 12.5. The van der Waals surface area contributed by atoms with Crippen LogP contribution < -0.4 is 0 Å². The minimum atomic E-state index is -0.268. The molecule has 1 saturated heterocycles. The number of amides is 1. The Morgan fingerprint density at radius 1 is 1.03 bits per heavy atom. The minimum Gasteiger partial charge on any atom is -0.336 e. The standard InChI is InChI=1S/C30H26FN5O/c1-19-14-27-21(16-33-36(27)23-10-8-22(31)9-11-23)15-24(19)30-18-35(29(37)26-12-13-32-34(26)2)17-25(30)28(30)20-6-4-3-5-7-20/h3-16,25,28H,17-18H2,1-2H3. The van der Waals surface area contributed by atoms with Crippen molar-refractivity contribution in [3.63, 3.8) is 0 Å². The summed E-state index contributed by atoms with van der Waals surface area (Å²) in [6.07, 6.45) is 3.55. The zero-order valence-corrected chi connectivity index (χ0v) is 20.7. The van der Waals surface area contributed by atoms with Crippen molar-refractivity contribution < 1.29 is 9.18 Å². The lowest BCUT2D eigenvalue weighted by atomic mass is 9.86. The Morgan fingerprint density at radius 3 is 2.54 bits per heavy atom. The maximum absolute atomic E-state index is 13.5. The Hall–Kier alpha value is -4.26. The van der Waals surface area contributed by atoms with Gasteiger partial charge in [0.05, 0.1) is 17.4 Å². The molecule has 184 valence electrons. The van der Waals surface area contributed by atoms with Crippen molar-refractivity contribution in [3.05, 3.63) is 113 Å². The lowest BCUT2D eigenvalue weighted by Crippen LogP contribution is -2.35. The number of benzene rings is 3. The SMILES string of the molecule is Cc1cc2c(cnn2-c2ccc(F)cc2)cc1C12CN(C(=O)c3ccnn3C)CC1C2c1ccccc1. The van der Waals surface area contributed by atoms with Crippen molar-refractivity contribution in [2.24, 2.45) is 13.0 Å². The first kappa shape index (κ1) is 22.0. The zero-order chi connectivity index (χ0) is 25.3. The number of carbonyl (C=O) groups is 1. The highest BCUT2D eigenvalue weighted by Gasteiger charge is 2.71. The zero-order valence-electron chi connectivity index (χ0n) is 20.7. The summed E-state index contributed by atoms with van der Waals surface area (Å²) in [5, 5.41) is 9.86. The summed E-state index contributed by atoms with van der Waals surface area (Å²) < 4.78 is 17.0. The second-order valence-corrected chi connectivity index (χ2v) is 10.3. The van der Waals surface area contributed by atoms with E-state index in [1.807, 2.05) is 28.9 Å². The van der Waals surface area contributed by atoms with Gasteiger partial charge in [-0.15, -0.1) is 0 Å². The van der Waals surface area contributed by atoms with Gasteiger partial charge in [-0.2, -0.15) is 10.2 Å². The fourth-order valence-electron chi connectivity index (χ4n) is 6.63. The van der Waals surface area contributed by atoms with Gasteiger partial charge in [-0.25, -0.2) is 9.07 Å². The Balaban J connectivity index is 1.31. The van der Waals surface area contributed by atoms with Gasteiger partial charge in [0.25, 0.3) is 5.91 Å². The third-order valence-corrected chi connectivity index (χ3v) is 8.35. The molecule has 0 radical (unpaired) electrons. The molecular formula is C30H26FN5O. The molecule has 2 aromatic heterocycles. The van der Waals surface area contributed by atoms with E-state index in [2.05, 4.69) is 53.5 Å². The Bertz CT molecular complexity index is 1650. The predicted molar refractivity (Wildman–Crippen MR) is 139 cm³/mol. The average Bonchev–Trinajstić information content (AvgIpc) is 3.32. The van der Waals surface area contributed by atoms with Gasteiger partial charge in [0.15, 0.2) is 0 Å². The highest BCUT2D eigenvalue weighted by Crippen LogP contribution is 2.69. The van der Waals surface area contributed by atoms with Crippen LogP contribution >= 0.6 is 0 Å². The van der Waals surface area contributed by atoms with Crippen LogP contribution in [0.5, 0.6) is 0 Å². The van der Waals surface area contributed by atoms with E-state index in [-0.39, 0.29) is 17.1 Å². The molecule has 37 heavy (non-hydrogen) atoms. The van der Waals surface area contributed by atoms with E-state index >= 15 is 0 Å². The number of aromatic nitrogens is 4. The average molecular weight is 492 g/mol. The summed E-state index contributed by atoms with van der Waals surface area (Å²) in [5.74, 6) is 0.458. The van der Waals surface area contributed by atoms with Crippen molar-refractivity contribution in [3.8, 4) is 5.69 Å². The molecule has 3 unspecified atom stereocenters. The van der Waals surface area contributed by atoms with Crippen LogP contribution in [0.25, 0.3) is 16.6 Å². The lowest BCUT2D eigenvalue weighted by molar-refractivity contribution is 0.0758. The van der Waals surface area contributed by atoms with Crippen LogP contribution in [0.4, 0.5) is 4.39 Å². The molecule has 0 N–H and O–H groups in total. The number of hydrogen-bond donors (Lipinski definition) is 0. The number of aryl methyl sites for hydroxylation is 2. The number of likely N-dealkylation sites (tertiary alicyclic amines) is 1. The first-order chi connectivity index (χ1) is 18.0. The predicted octanol–water partition coefficient (Wildman–Crippen LogP) is 5.01. The molecule has 1 aliphatic heterocycles. The Labute approximate surface area is 213 Å². The molecule has 0 spiro atoms. The number of halogens is 1. The number of piperidine rings is 1. The third kappa shape index (κ3) is 3.19. The van der Waals surface area contributed by atoms with E-state index in [1.54, 1.807) is 29.1 Å². The Kier molecular flexibility index (Phi) is 4.67. The third-order valence-electron chi connectivity index (χ3n) is 8.35. The van der Waals surface area contributed by atoms with Crippen LogP contribution in [0.3, 0.4) is 0 Å². The van der Waals surface area contributed by atoms with E-state index in [4.69, 9.17) is 0 Å². The van der Waals surface area contributed by atoms with E-state index < -0.39 is 0 Å². The van der Waals surface area contributed by atoms with Crippen LogP contribution in [0, 0.1) is 18.7 Å². The molecule has 3 heterocycles. The summed E-state index contributed by atoms with van der Waals surface area (Å²) in [6, 6.07) is 23.3. The maximum Gasteiger partial charge on any atom is 0.272 e. The summed E-state index contributed by atoms with van der Waals surface area (Å²) >= 11 is 0. The van der Waals surface area contributed by atoms with Crippen LogP contribution in [0.15, 0.2) is 85.2 Å². The van der Waals surface area contributed by atoms with Crippen molar-refractivity contribution >= 4 is 16.8 Å². The normalized spacial score (nSPS) is 22.4. The molecule has 2 aliphatic rings. The molecule has 3 atom stereocenters. The molecule has 7 rings (SSSR count). The highest BCUT2D eigenvalue weighted by atomic mass is 19.1. The van der Waals surface area contributed by atoms with E-state index in [0.29, 0.717) is 24.1 Å². The van der Waals surface area contributed by atoms with Gasteiger partial charge in [0, 0.05) is 43.1 Å². The quantitative estimate of drug-likeness (QED) is 0.355. The molecule has 7 heteroatoms. The number of hydrogen-bond acceptors (Lipinski definition) is 3. The van der Waals surface area contributed by atoms with E-state index in [0.717, 1.165) is 23.1 Å². The van der Waals surface area contributed by atoms with Crippen LogP contribution in [-0.2, 0) is 12.5 Å². The van der Waals surface area contributed by atoms with Gasteiger partial charge in [0.2, 0.25) is 0 Å². The smallest absolute Gasteiger partial charge is 0.272 e. The van der Waals surface area contributed by atoms with E-state index in [1.165, 1.54) is 28.8 Å². The monoisotopic (exact) mass is 491 g/mol. The van der Waals surface area contributed by atoms with Crippen molar-refractivity contribution in [1.29, 1.82) is 0 Å². The number of carbonyl (C=O) groups excluding carboxylic acids is 1. The van der Waals surface area contributed by atoms with Crippen molar-refractivity contribution in [1.82, 2.24) is 24.5 Å². The van der Waals surface area contributed by atoms with Gasteiger partial charge in [-0.3, -0.25) is 9.48 Å². The molecule has 5 aromatic rings. The van der Waals surface area contributed by atoms with Gasteiger partial charge < -0.3 is 4.90 Å². The summed E-state index contributed by atoms with van der Waals surface area (Å²) in [6.45, 7) is 3.53. The molecule has 0 bridgehead atoms. The maximum atomic E-state index is 13.5. The largest absolute Gasteiger partial charge is 0.336 e. The number of fused-ring (bicyclic) bond motifs is 2. The van der Waals surface area contributed by atoms with Crippen molar-refractivity contribution in [2.75, 3.05) is 13.1 Å². The molecule has 1 amide bonds. The lowest BCUT2D eigenvalue weighted by Gasteiger charge is -2.26. The van der Waals surface area contributed by atoms with Crippen molar-refractivity contribution in [2.45, 2.75) is 18.3 Å². The molecule has 2 fully saturated rings. The second kappa shape index (κ2) is 7.87. The fraction of sp³-hybridized carbons (Fsp3) is 0.233. The topological polar surface area (TPSA) is 56.0 Å². The minimum absolute atomic E-state index is 0.0289. The number of nitrogens with zero attached hydrogens (tertiary/aromatic N) is 5. The fourth-order valence-corrected chi connectivity index (χ4v) is 6.63. The molecule has 1 saturated carbocycles. The Morgan fingerprint density at radius 2 is 1.81 bits per heavy atom. The highest BCUT2D eigenvalue weighted by molar-refractivity contribution is 5.93. The van der Waals surface area contributed by atoms with Gasteiger partial charge >= 0.3 is 0 Å². The van der Waals surface area contributed by atoms with Gasteiger partial charge in [-0.05, 0) is 72.0 Å². The second-order valence-electron chi connectivity index (χ2n) is 10.3.